The summed E-state index contributed by atoms with van der Waals surface area (Å²) < 4.78 is 5.80. The Labute approximate surface area is 123 Å². The average molecular weight is 276 g/mol. The lowest BCUT2D eigenvalue weighted by molar-refractivity contribution is -0.0976. The van der Waals surface area contributed by atoms with Crippen molar-refractivity contribution in [2.75, 3.05) is 30.9 Å². The zero-order valence-electron chi connectivity index (χ0n) is 13.7. The first-order valence-electron chi connectivity index (χ1n) is 7.52. The van der Waals surface area contributed by atoms with Gasteiger partial charge in [-0.3, -0.25) is 0 Å². The van der Waals surface area contributed by atoms with Crippen molar-refractivity contribution in [3.8, 4) is 0 Å². The van der Waals surface area contributed by atoms with Crippen molar-refractivity contribution in [2.24, 2.45) is 5.41 Å². The van der Waals surface area contributed by atoms with E-state index in [0.717, 1.165) is 13.0 Å². The molecule has 0 bridgehead atoms. The van der Waals surface area contributed by atoms with Crippen LogP contribution in [0.25, 0.3) is 0 Å². The Hall–Kier alpha value is -1.22. The molecule has 0 spiro atoms. The molecule has 0 amide bonds. The molecule has 1 aliphatic rings. The minimum atomic E-state index is 0.197. The first-order chi connectivity index (χ1) is 9.36. The van der Waals surface area contributed by atoms with Crippen LogP contribution in [0.15, 0.2) is 18.2 Å². The van der Waals surface area contributed by atoms with Crippen LogP contribution in [0.5, 0.6) is 0 Å². The monoisotopic (exact) mass is 276 g/mol. The van der Waals surface area contributed by atoms with Gasteiger partial charge in [-0.15, -0.1) is 0 Å². The predicted molar refractivity (Wildman–Crippen MR) is 86.7 cm³/mol. The lowest BCUT2D eigenvalue weighted by atomic mass is 9.64. The molecule has 2 atom stereocenters. The molecule has 0 radical (unpaired) electrons. The fraction of sp³-hybridized carbons (Fsp3) is 0.647. The van der Waals surface area contributed by atoms with E-state index >= 15 is 0 Å². The first kappa shape index (κ1) is 15.2. The van der Waals surface area contributed by atoms with Crippen LogP contribution in [0.1, 0.15) is 32.8 Å². The summed E-state index contributed by atoms with van der Waals surface area (Å²) in [4.78, 5) is 2.13. The van der Waals surface area contributed by atoms with Crippen LogP contribution < -0.4 is 10.2 Å². The molecule has 3 heteroatoms. The second-order valence-electron chi connectivity index (χ2n) is 6.59. The van der Waals surface area contributed by atoms with Gasteiger partial charge in [0.05, 0.1) is 6.10 Å². The summed E-state index contributed by atoms with van der Waals surface area (Å²) in [6.07, 6.45) is 1.47. The smallest absolute Gasteiger partial charge is 0.0665 e. The van der Waals surface area contributed by atoms with Gasteiger partial charge >= 0.3 is 0 Å². The minimum Gasteiger partial charge on any atom is -0.381 e. The lowest BCUT2D eigenvalue weighted by Crippen LogP contribution is -2.58. The quantitative estimate of drug-likeness (QED) is 0.888. The van der Waals surface area contributed by atoms with Crippen LogP contribution in [0, 0.1) is 12.3 Å². The predicted octanol–water partition coefficient (Wildman–Crippen LogP) is 3.68. The van der Waals surface area contributed by atoms with E-state index in [9.17, 15) is 0 Å². The van der Waals surface area contributed by atoms with E-state index in [4.69, 9.17) is 4.74 Å². The summed E-state index contributed by atoms with van der Waals surface area (Å²) in [7, 11) is 4.15. The van der Waals surface area contributed by atoms with Gasteiger partial charge in [-0.05, 0) is 44.0 Å². The molecule has 0 saturated heterocycles. The Balaban J connectivity index is 2.05. The van der Waals surface area contributed by atoms with Gasteiger partial charge in [-0.2, -0.15) is 0 Å². The first-order valence-corrected chi connectivity index (χ1v) is 7.52. The molecule has 2 unspecified atom stereocenters. The number of hydrogen-bond acceptors (Lipinski definition) is 3. The summed E-state index contributed by atoms with van der Waals surface area (Å²) in [6, 6.07) is 7.08. The fourth-order valence-corrected chi connectivity index (χ4v) is 2.89. The SMILES string of the molecule is CCOC1CC(Nc2ccc(N(C)C)cc2C)C1(C)C. The van der Waals surface area contributed by atoms with Gasteiger partial charge in [0.25, 0.3) is 0 Å². The second kappa shape index (κ2) is 5.65. The maximum absolute atomic E-state index is 5.80. The topological polar surface area (TPSA) is 24.5 Å². The number of anilines is 2. The van der Waals surface area contributed by atoms with Crippen LogP contribution in [-0.4, -0.2) is 32.8 Å². The molecule has 0 aliphatic heterocycles. The normalized spacial score (nSPS) is 24.1. The number of hydrogen-bond donors (Lipinski definition) is 1. The number of nitrogens with zero attached hydrogens (tertiary/aromatic N) is 1. The largest absolute Gasteiger partial charge is 0.381 e. The minimum absolute atomic E-state index is 0.197. The third-order valence-electron chi connectivity index (χ3n) is 4.60. The van der Waals surface area contributed by atoms with Crippen molar-refractivity contribution in [2.45, 2.75) is 46.3 Å². The van der Waals surface area contributed by atoms with Crippen LogP contribution in [0.3, 0.4) is 0 Å². The summed E-state index contributed by atoms with van der Waals surface area (Å²) in [5.41, 5.74) is 3.98. The van der Waals surface area contributed by atoms with Gasteiger partial charge in [0, 0.05) is 43.5 Å². The van der Waals surface area contributed by atoms with Crippen molar-refractivity contribution in [1.82, 2.24) is 0 Å². The molecular formula is C17H28N2O. The summed E-state index contributed by atoms with van der Waals surface area (Å²) >= 11 is 0. The number of aryl methyl sites for hydroxylation is 1. The van der Waals surface area contributed by atoms with Gasteiger partial charge in [0.15, 0.2) is 0 Å². The second-order valence-corrected chi connectivity index (χ2v) is 6.59. The number of benzene rings is 1. The molecule has 1 aliphatic carbocycles. The Morgan fingerprint density at radius 2 is 2.05 bits per heavy atom. The zero-order chi connectivity index (χ0) is 14.9. The highest BCUT2D eigenvalue weighted by atomic mass is 16.5. The molecule has 112 valence electrons. The van der Waals surface area contributed by atoms with E-state index in [0.29, 0.717) is 12.1 Å². The van der Waals surface area contributed by atoms with Gasteiger partial charge in [0.2, 0.25) is 0 Å². The zero-order valence-corrected chi connectivity index (χ0v) is 13.7. The Morgan fingerprint density at radius 1 is 1.35 bits per heavy atom. The molecule has 1 saturated carbocycles. The van der Waals surface area contributed by atoms with Crippen LogP contribution in [0.2, 0.25) is 0 Å². The molecule has 1 aromatic rings. The Bertz CT molecular complexity index is 468. The highest BCUT2D eigenvalue weighted by Gasteiger charge is 2.48. The Kier molecular flexibility index (Phi) is 4.28. The van der Waals surface area contributed by atoms with Crippen molar-refractivity contribution < 1.29 is 4.74 Å². The highest BCUT2D eigenvalue weighted by Crippen LogP contribution is 2.44. The van der Waals surface area contributed by atoms with Crippen LogP contribution in [0.4, 0.5) is 11.4 Å². The molecule has 20 heavy (non-hydrogen) atoms. The summed E-state index contributed by atoms with van der Waals surface area (Å²) in [5.74, 6) is 0. The van der Waals surface area contributed by atoms with Crippen molar-refractivity contribution in [3.05, 3.63) is 23.8 Å². The van der Waals surface area contributed by atoms with Crippen LogP contribution in [-0.2, 0) is 4.74 Å². The van der Waals surface area contributed by atoms with E-state index in [1.165, 1.54) is 16.9 Å². The van der Waals surface area contributed by atoms with Gasteiger partial charge in [-0.1, -0.05) is 13.8 Å². The Morgan fingerprint density at radius 3 is 2.55 bits per heavy atom. The van der Waals surface area contributed by atoms with Gasteiger partial charge < -0.3 is 15.0 Å². The van der Waals surface area contributed by atoms with E-state index in [1.54, 1.807) is 0 Å². The molecule has 1 N–H and O–H groups in total. The molecule has 1 aromatic carbocycles. The molecule has 3 nitrogen and oxygen atoms in total. The number of nitrogens with one attached hydrogen (secondary N) is 1. The lowest BCUT2D eigenvalue weighted by Gasteiger charge is -2.52. The van der Waals surface area contributed by atoms with Crippen molar-refractivity contribution in [1.29, 1.82) is 0 Å². The summed E-state index contributed by atoms with van der Waals surface area (Å²) in [5, 5.41) is 3.69. The molecule has 0 heterocycles. The third-order valence-corrected chi connectivity index (χ3v) is 4.60. The van der Waals surface area contributed by atoms with Gasteiger partial charge in [0.1, 0.15) is 0 Å². The third kappa shape index (κ3) is 2.78. The standard InChI is InChI=1S/C17H28N2O/c1-7-20-16-11-15(17(16,3)4)18-14-9-8-13(19(5)6)10-12(14)2/h8-10,15-16,18H,7,11H2,1-6H3. The van der Waals surface area contributed by atoms with E-state index in [1.807, 2.05) is 0 Å². The van der Waals surface area contributed by atoms with Crippen LogP contribution >= 0.6 is 0 Å². The molecule has 0 aromatic heterocycles. The van der Waals surface area contributed by atoms with E-state index in [-0.39, 0.29) is 5.41 Å². The average Bonchev–Trinajstić information content (AvgIpc) is 2.39. The van der Waals surface area contributed by atoms with Gasteiger partial charge in [-0.25, -0.2) is 0 Å². The van der Waals surface area contributed by atoms with E-state index in [2.05, 4.69) is 70.2 Å². The fourth-order valence-electron chi connectivity index (χ4n) is 2.89. The maximum Gasteiger partial charge on any atom is 0.0665 e. The molecule has 1 fully saturated rings. The molecular weight excluding hydrogens is 248 g/mol. The summed E-state index contributed by atoms with van der Waals surface area (Å²) in [6.45, 7) is 9.62. The number of rotatable bonds is 5. The molecule has 2 rings (SSSR count). The highest BCUT2D eigenvalue weighted by molar-refractivity contribution is 5.60. The van der Waals surface area contributed by atoms with E-state index < -0.39 is 0 Å². The number of ether oxygens (including phenoxy) is 1. The maximum atomic E-state index is 5.80. The van der Waals surface area contributed by atoms with Crippen molar-refractivity contribution >= 4 is 11.4 Å². The van der Waals surface area contributed by atoms with Crippen molar-refractivity contribution in [3.63, 3.8) is 0 Å².